The molecule has 92 valence electrons. The summed E-state index contributed by atoms with van der Waals surface area (Å²) >= 11 is 0. The number of nitrogens with one attached hydrogen (secondary N) is 1. The van der Waals surface area contributed by atoms with E-state index in [0.29, 0.717) is 0 Å². The van der Waals surface area contributed by atoms with Crippen LogP contribution in [0.5, 0.6) is 0 Å². The van der Waals surface area contributed by atoms with E-state index in [-0.39, 0.29) is 0 Å². The smallest absolute Gasteiger partial charge is 0.00787 e. The lowest BCUT2D eigenvalue weighted by Crippen LogP contribution is -2.41. The predicted molar refractivity (Wildman–Crippen MR) is 72.2 cm³/mol. The molecule has 0 unspecified atom stereocenters. The Morgan fingerprint density at radius 2 is 1.82 bits per heavy atom. The molecule has 0 atom stereocenters. The van der Waals surface area contributed by atoms with Crippen molar-refractivity contribution in [2.24, 2.45) is 5.92 Å². The molecule has 1 heteroatoms. The molecule has 1 N–H and O–H groups in total. The summed E-state index contributed by atoms with van der Waals surface area (Å²) in [6.45, 7) is 1.25. The second kappa shape index (κ2) is 5.22. The van der Waals surface area contributed by atoms with E-state index in [1.807, 2.05) is 0 Å². The van der Waals surface area contributed by atoms with E-state index >= 15 is 0 Å². The molecule has 1 nitrogen and oxygen atoms in total. The first-order valence-corrected chi connectivity index (χ1v) is 7.20. The van der Waals surface area contributed by atoms with Crippen LogP contribution in [-0.2, 0) is 0 Å². The standard InChI is InChI=1S/C16H23N/c1-2-7-14(8-3-1)15-11-16(12-15)17-10-9-13-5-4-6-13/h1-3,7-8,13,15-17H,4-6,9-12H2. The highest BCUT2D eigenvalue weighted by Gasteiger charge is 2.29. The van der Waals surface area contributed by atoms with Gasteiger partial charge in [-0.25, -0.2) is 0 Å². The van der Waals surface area contributed by atoms with E-state index in [2.05, 4.69) is 35.6 Å². The van der Waals surface area contributed by atoms with Crippen molar-refractivity contribution in [3.8, 4) is 0 Å². The van der Waals surface area contributed by atoms with E-state index in [0.717, 1.165) is 17.9 Å². The molecule has 17 heavy (non-hydrogen) atoms. The summed E-state index contributed by atoms with van der Waals surface area (Å²) in [5.74, 6) is 1.87. The SMILES string of the molecule is c1ccc(C2CC(NCCC3CCC3)C2)cc1. The topological polar surface area (TPSA) is 12.0 Å². The summed E-state index contributed by atoms with van der Waals surface area (Å²) in [5.41, 5.74) is 1.53. The van der Waals surface area contributed by atoms with Gasteiger partial charge in [-0.1, -0.05) is 49.6 Å². The molecular weight excluding hydrogens is 206 g/mol. The summed E-state index contributed by atoms with van der Waals surface area (Å²) < 4.78 is 0. The zero-order chi connectivity index (χ0) is 11.5. The number of rotatable bonds is 5. The van der Waals surface area contributed by atoms with Gasteiger partial charge in [-0.2, -0.15) is 0 Å². The van der Waals surface area contributed by atoms with Crippen LogP contribution in [0.25, 0.3) is 0 Å². The van der Waals surface area contributed by atoms with Crippen LogP contribution in [0.4, 0.5) is 0 Å². The minimum atomic E-state index is 0.792. The Kier molecular flexibility index (Phi) is 3.46. The van der Waals surface area contributed by atoms with Gasteiger partial charge in [0.05, 0.1) is 0 Å². The zero-order valence-electron chi connectivity index (χ0n) is 10.6. The third-order valence-corrected chi connectivity index (χ3v) is 4.62. The zero-order valence-corrected chi connectivity index (χ0v) is 10.6. The van der Waals surface area contributed by atoms with Crippen LogP contribution in [0.1, 0.15) is 50.0 Å². The van der Waals surface area contributed by atoms with E-state index in [4.69, 9.17) is 0 Å². The highest BCUT2D eigenvalue weighted by Crippen LogP contribution is 2.37. The van der Waals surface area contributed by atoms with Crippen LogP contribution in [0.15, 0.2) is 30.3 Å². The van der Waals surface area contributed by atoms with Gasteiger partial charge in [0.2, 0.25) is 0 Å². The Morgan fingerprint density at radius 3 is 2.47 bits per heavy atom. The van der Waals surface area contributed by atoms with Crippen molar-refractivity contribution in [1.82, 2.24) is 5.32 Å². The number of benzene rings is 1. The third-order valence-electron chi connectivity index (χ3n) is 4.62. The van der Waals surface area contributed by atoms with Gasteiger partial charge in [0.15, 0.2) is 0 Å². The van der Waals surface area contributed by atoms with E-state index in [9.17, 15) is 0 Å². The summed E-state index contributed by atoms with van der Waals surface area (Å²) in [5, 5.41) is 3.72. The summed E-state index contributed by atoms with van der Waals surface area (Å²) in [4.78, 5) is 0. The molecule has 0 bridgehead atoms. The lowest BCUT2D eigenvalue weighted by atomic mass is 9.75. The third kappa shape index (κ3) is 2.71. The lowest BCUT2D eigenvalue weighted by molar-refractivity contribution is 0.254. The molecule has 1 aromatic rings. The van der Waals surface area contributed by atoms with Gasteiger partial charge in [-0.3, -0.25) is 0 Å². The molecule has 3 rings (SSSR count). The molecular formula is C16H23N. The average Bonchev–Trinajstić information content (AvgIpc) is 2.25. The number of hydrogen-bond acceptors (Lipinski definition) is 1. The first kappa shape index (κ1) is 11.3. The van der Waals surface area contributed by atoms with Gasteiger partial charge >= 0.3 is 0 Å². The maximum absolute atomic E-state index is 3.72. The van der Waals surface area contributed by atoms with Crippen molar-refractivity contribution >= 4 is 0 Å². The molecule has 2 aliphatic rings. The monoisotopic (exact) mass is 229 g/mol. The van der Waals surface area contributed by atoms with E-state index in [1.54, 1.807) is 0 Å². The molecule has 0 saturated heterocycles. The minimum Gasteiger partial charge on any atom is -0.314 e. The van der Waals surface area contributed by atoms with Gasteiger partial charge in [0.1, 0.15) is 0 Å². The van der Waals surface area contributed by atoms with Crippen LogP contribution in [-0.4, -0.2) is 12.6 Å². The van der Waals surface area contributed by atoms with Gasteiger partial charge in [-0.15, -0.1) is 0 Å². The first-order chi connectivity index (χ1) is 8.42. The fraction of sp³-hybridized carbons (Fsp3) is 0.625. The molecule has 0 heterocycles. The number of hydrogen-bond donors (Lipinski definition) is 1. The maximum Gasteiger partial charge on any atom is 0.00787 e. The Labute approximate surface area is 105 Å². The van der Waals surface area contributed by atoms with Crippen LogP contribution < -0.4 is 5.32 Å². The molecule has 2 aliphatic carbocycles. The molecule has 0 radical (unpaired) electrons. The fourth-order valence-electron chi connectivity index (χ4n) is 3.05. The summed E-state index contributed by atoms with van der Waals surface area (Å²) in [6, 6.07) is 11.8. The van der Waals surface area contributed by atoms with E-state index in [1.165, 1.54) is 50.6 Å². The van der Waals surface area contributed by atoms with Crippen LogP contribution >= 0.6 is 0 Å². The van der Waals surface area contributed by atoms with Crippen molar-refractivity contribution in [3.63, 3.8) is 0 Å². The summed E-state index contributed by atoms with van der Waals surface area (Å²) in [6.07, 6.45) is 8.54. The maximum atomic E-state index is 3.72. The molecule has 0 aromatic heterocycles. The van der Waals surface area contributed by atoms with Crippen LogP contribution in [0.2, 0.25) is 0 Å². The van der Waals surface area contributed by atoms with Gasteiger partial charge in [0, 0.05) is 6.04 Å². The first-order valence-electron chi connectivity index (χ1n) is 7.20. The van der Waals surface area contributed by atoms with Crippen molar-refractivity contribution in [2.45, 2.75) is 50.5 Å². The molecule has 0 spiro atoms. The Balaban J connectivity index is 1.34. The fourth-order valence-corrected chi connectivity index (χ4v) is 3.05. The predicted octanol–water partition coefficient (Wildman–Crippen LogP) is 3.71. The van der Waals surface area contributed by atoms with Gasteiger partial charge in [-0.05, 0) is 43.2 Å². The largest absolute Gasteiger partial charge is 0.314 e. The second-order valence-corrected chi connectivity index (χ2v) is 5.82. The van der Waals surface area contributed by atoms with Crippen molar-refractivity contribution in [1.29, 1.82) is 0 Å². The Bertz CT molecular complexity index is 336. The Hall–Kier alpha value is -0.820. The normalized spacial score (nSPS) is 28.5. The lowest BCUT2D eigenvalue weighted by Gasteiger charge is -2.37. The van der Waals surface area contributed by atoms with Crippen molar-refractivity contribution in [2.75, 3.05) is 6.54 Å². The van der Waals surface area contributed by atoms with E-state index < -0.39 is 0 Å². The Morgan fingerprint density at radius 1 is 1.06 bits per heavy atom. The molecule has 2 fully saturated rings. The molecule has 0 amide bonds. The van der Waals surface area contributed by atoms with Crippen molar-refractivity contribution in [3.05, 3.63) is 35.9 Å². The average molecular weight is 229 g/mol. The minimum absolute atomic E-state index is 0.792. The highest BCUT2D eigenvalue weighted by molar-refractivity contribution is 5.22. The van der Waals surface area contributed by atoms with Gasteiger partial charge in [0.25, 0.3) is 0 Å². The molecule has 0 aliphatic heterocycles. The van der Waals surface area contributed by atoms with Crippen LogP contribution in [0.3, 0.4) is 0 Å². The van der Waals surface area contributed by atoms with Gasteiger partial charge < -0.3 is 5.32 Å². The van der Waals surface area contributed by atoms with Crippen LogP contribution in [0, 0.1) is 5.92 Å². The molecule has 2 saturated carbocycles. The highest BCUT2D eigenvalue weighted by atomic mass is 14.9. The molecule has 1 aromatic carbocycles. The van der Waals surface area contributed by atoms with Crippen molar-refractivity contribution < 1.29 is 0 Å². The second-order valence-electron chi connectivity index (χ2n) is 5.82. The summed E-state index contributed by atoms with van der Waals surface area (Å²) in [7, 11) is 0. The quantitative estimate of drug-likeness (QED) is 0.811.